The number of carboxylic acids is 1. The van der Waals surface area contributed by atoms with Crippen LogP contribution < -0.4 is 14.8 Å². The van der Waals surface area contributed by atoms with Gasteiger partial charge in [0.05, 0.1) is 33.0 Å². The van der Waals surface area contributed by atoms with E-state index in [-0.39, 0.29) is 31.1 Å². The number of ether oxygens (including phenoxy) is 4. The molecule has 1 fully saturated rings. The number of aliphatic hydroxyl groups is 1. The van der Waals surface area contributed by atoms with Crippen molar-refractivity contribution in [3.63, 3.8) is 0 Å². The Morgan fingerprint density at radius 1 is 0.913 bits per heavy atom. The molecule has 0 saturated carbocycles. The molecular formula is C36H44N2O8. The zero-order valence-electron chi connectivity index (χ0n) is 26.6. The first kappa shape index (κ1) is 33.4. The Kier molecular flexibility index (Phi) is 11.7. The first-order valence-corrected chi connectivity index (χ1v) is 15.9. The number of benzene rings is 3. The number of nitrogens with one attached hydrogen (secondary N) is 1. The number of carboxylic acid groups (broad SMARTS) is 1. The Bertz CT molecular complexity index is 1480. The second kappa shape index (κ2) is 16.0. The minimum atomic E-state index is -0.817. The molecule has 3 N–H and O–H groups in total. The van der Waals surface area contributed by atoms with Gasteiger partial charge in [-0.05, 0) is 65.8 Å². The third-order valence-electron chi connectivity index (χ3n) is 8.61. The van der Waals surface area contributed by atoms with Crippen LogP contribution in [0, 0.1) is 0 Å². The van der Waals surface area contributed by atoms with Gasteiger partial charge in [-0.1, -0.05) is 42.8 Å². The number of rotatable bonds is 14. The standard InChI is InChI=1S/C36H44N2O8/c1-43-32-18-26-15-16-38(21-28(26)19-33(32)44-2)22-30-20-31(25-13-11-24(23-39)12-14-25)46-36(45-30)27-7-6-8-29(17-27)37-34(40)9-4-3-5-10-35(41)42/h6-8,11-14,17-19,30-31,36,39H,3-5,9-10,15-16,20-23H2,1-2H3,(H,37,40)(H,41,42). The van der Waals surface area contributed by atoms with Crippen LogP contribution in [0.25, 0.3) is 0 Å². The summed E-state index contributed by atoms with van der Waals surface area (Å²) in [6, 6.07) is 19.5. The molecule has 2 aliphatic rings. The molecule has 0 radical (unpaired) electrons. The van der Waals surface area contributed by atoms with E-state index in [9.17, 15) is 14.7 Å². The van der Waals surface area contributed by atoms with E-state index in [0.717, 1.165) is 54.2 Å². The van der Waals surface area contributed by atoms with Gasteiger partial charge in [0.15, 0.2) is 17.8 Å². The third-order valence-corrected chi connectivity index (χ3v) is 8.61. The van der Waals surface area contributed by atoms with E-state index >= 15 is 0 Å². The molecular weight excluding hydrogens is 588 g/mol. The molecule has 10 nitrogen and oxygen atoms in total. The van der Waals surface area contributed by atoms with E-state index in [4.69, 9.17) is 24.1 Å². The number of unbranched alkanes of at least 4 members (excludes halogenated alkanes) is 2. The minimum absolute atomic E-state index is 0.0197. The van der Waals surface area contributed by atoms with Gasteiger partial charge in [-0.2, -0.15) is 0 Å². The summed E-state index contributed by atoms with van der Waals surface area (Å²) in [7, 11) is 3.31. The van der Waals surface area contributed by atoms with Gasteiger partial charge >= 0.3 is 5.97 Å². The highest BCUT2D eigenvalue weighted by Gasteiger charge is 2.34. The summed E-state index contributed by atoms with van der Waals surface area (Å²) in [5, 5.41) is 21.3. The van der Waals surface area contributed by atoms with Crippen molar-refractivity contribution in [2.24, 2.45) is 0 Å². The number of aliphatic carboxylic acids is 1. The van der Waals surface area contributed by atoms with Crippen LogP contribution >= 0.6 is 0 Å². The lowest BCUT2D eigenvalue weighted by molar-refractivity contribution is -0.253. The fraction of sp³-hybridized carbons (Fsp3) is 0.444. The number of carbonyl (C=O) groups excluding carboxylic acids is 1. The van der Waals surface area contributed by atoms with Crippen LogP contribution in [0.15, 0.2) is 60.7 Å². The molecule has 10 heteroatoms. The van der Waals surface area contributed by atoms with Gasteiger partial charge in [0.25, 0.3) is 0 Å². The molecule has 2 heterocycles. The second-order valence-corrected chi connectivity index (χ2v) is 11.9. The summed E-state index contributed by atoms with van der Waals surface area (Å²) in [4.78, 5) is 25.7. The maximum atomic E-state index is 12.6. The lowest BCUT2D eigenvalue weighted by atomic mass is 9.97. The Balaban J connectivity index is 1.28. The van der Waals surface area contributed by atoms with Crippen molar-refractivity contribution in [2.75, 3.05) is 32.6 Å². The Hall–Kier alpha value is -3.96. The Labute approximate surface area is 270 Å². The Morgan fingerprint density at radius 3 is 2.37 bits per heavy atom. The number of anilines is 1. The molecule has 1 saturated heterocycles. The SMILES string of the molecule is COc1cc2c(cc1OC)CN(CC1CC(c3ccc(CO)cc3)OC(c3cccc(NC(=O)CCCCCC(=O)O)c3)O1)CC2. The van der Waals surface area contributed by atoms with Crippen LogP contribution in [0.2, 0.25) is 0 Å². The van der Waals surface area contributed by atoms with E-state index in [1.165, 1.54) is 11.1 Å². The second-order valence-electron chi connectivity index (χ2n) is 11.9. The average Bonchev–Trinajstić information content (AvgIpc) is 3.07. The highest BCUT2D eigenvalue weighted by molar-refractivity contribution is 5.90. The normalized spacial score (nSPS) is 19.7. The maximum Gasteiger partial charge on any atom is 0.303 e. The molecule has 46 heavy (non-hydrogen) atoms. The smallest absolute Gasteiger partial charge is 0.303 e. The van der Waals surface area contributed by atoms with Crippen molar-refractivity contribution in [1.82, 2.24) is 4.90 Å². The number of nitrogens with zero attached hydrogens (tertiary/aromatic N) is 1. The van der Waals surface area contributed by atoms with Gasteiger partial charge in [0, 0.05) is 50.1 Å². The predicted octanol–water partition coefficient (Wildman–Crippen LogP) is 5.77. The molecule has 3 aromatic carbocycles. The lowest BCUT2D eigenvalue weighted by Gasteiger charge is -2.39. The molecule has 5 rings (SSSR count). The zero-order chi connectivity index (χ0) is 32.5. The lowest BCUT2D eigenvalue weighted by Crippen LogP contribution is -2.41. The largest absolute Gasteiger partial charge is 0.493 e. The molecule has 0 aromatic heterocycles. The molecule has 0 aliphatic carbocycles. The molecule has 0 bridgehead atoms. The third kappa shape index (κ3) is 8.85. The molecule has 3 atom stereocenters. The highest BCUT2D eigenvalue weighted by Crippen LogP contribution is 2.39. The maximum absolute atomic E-state index is 12.6. The quantitative estimate of drug-likeness (QED) is 0.190. The highest BCUT2D eigenvalue weighted by atomic mass is 16.7. The average molecular weight is 633 g/mol. The minimum Gasteiger partial charge on any atom is -0.493 e. The summed E-state index contributed by atoms with van der Waals surface area (Å²) >= 11 is 0. The van der Waals surface area contributed by atoms with Crippen LogP contribution in [0.4, 0.5) is 5.69 Å². The van der Waals surface area contributed by atoms with Crippen LogP contribution in [0.1, 0.15) is 78.7 Å². The van der Waals surface area contributed by atoms with E-state index in [2.05, 4.69) is 22.3 Å². The van der Waals surface area contributed by atoms with Crippen LogP contribution in [0.5, 0.6) is 11.5 Å². The van der Waals surface area contributed by atoms with Crippen LogP contribution in [-0.4, -0.2) is 60.4 Å². The van der Waals surface area contributed by atoms with Gasteiger partial charge < -0.3 is 34.5 Å². The number of methoxy groups -OCH3 is 2. The topological polar surface area (TPSA) is 127 Å². The van der Waals surface area contributed by atoms with Crippen molar-refractivity contribution in [3.05, 3.63) is 88.5 Å². The number of hydrogen-bond acceptors (Lipinski definition) is 8. The summed E-state index contributed by atoms with van der Waals surface area (Å²) in [5.74, 6) is 0.539. The molecule has 2 aliphatic heterocycles. The predicted molar refractivity (Wildman–Crippen MR) is 173 cm³/mol. The fourth-order valence-corrected chi connectivity index (χ4v) is 6.14. The van der Waals surface area contributed by atoms with E-state index in [1.807, 2.05) is 48.5 Å². The number of fused-ring (bicyclic) bond motifs is 1. The Morgan fingerprint density at radius 2 is 1.65 bits per heavy atom. The van der Waals surface area contributed by atoms with E-state index in [0.29, 0.717) is 37.8 Å². The van der Waals surface area contributed by atoms with Gasteiger partial charge in [0.1, 0.15) is 0 Å². The molecule has 0 spiro atoms. The summed E-state index contributed by atoms with van der Waals surface area (Å²) in [6.45, 7) is 2.36. The van der Waals surface area contributed by atoms with Crippen molar-refractivity contribution in [1.29, 1.82) is 0 Å². The number of aliphatic hydroxyl groups excluding tert-OH is 1. The summed E-state index contributed by atoms with van der Waals surface area (Å²) in [5.41, 5.74) is 5.80. The van der Waals surface area contributed by atoms with Crippen molar-refractivity contribution < 1.29 is 38.7 Å². The zero-order valence-corrected chi connectivity index (χ0v) is 26.6. The fourth-order valence-electron chi connectivity index (χ4n) is 6.14. The monoisotopic (exact) mass is 632 g/mol. The number of hydrogen-bond donors (Lipinski definition) is 3. The molecule has 3 aromatic rings. The molecule has 1 amide bonds. The summed E-state index contributed by atoms with van der Waals surface area (Å²) < 4.78 is 24.2. The van der Waals surface area contributed by atoms with Gasteiger partial charge in [-0.25, -0.2) is 0 Å². The van der Waals surface area contributed by atoms with Crippen LogP contribution in [-0.2, 0) is 38.6 Å². The van der Waals surface area contributed by atoms with Crippen molar-refractivity contribution in [3.8, 4) is 11.5 Å². The molecule has 246 valence electrons. The van der Waals surface area contributed by atoms with Gasteiger partial charge in [0.2, 0.25) is 5.91 Å². The first-order valence-electron chi connectivity index (χ1n) is 15.9. The van der Waals surface area contributed by atoms with E-state index < -0.39 is 12.3 Å². The summed E-state index contributed by atoms with van der Waals surface area (Å²) in [6.07, 6.45) is 2.91. The molecule has 3 unspecified atom stereocenters. The van der Waals surface area contributed by atoms with Crippen LogP contribution in [0.3, 0.4) is 0 Å². The number of amides is 1. The number of carbonyl (C=O) groups is 2. The van der Waals surface area contributed by atoms with Crippen molar-refractivity contribution in [2.45, 2.75) is 76.6 Å². The van der Waals surface area contributed by atoms with Crippen molar-refractivity contribution >= 4 is 17.6 Å². The van der Waals surface area contributed by atoms with Gasteiger partial charge in [-0.15, -0.1) is 0 Å². The van der Waals surface area contributed by atoms with E-state index in [1.54, 1.807) is 14.2 Å². The van der Waals surface area contributed by atoms with Gasteiger partial charge in [-0.3, -0.25) is 14.5 Å². The first-order chi connectivity index (χ1) is 22.3.